The summed E-state index contributed by atoms with van der Waals surface area (Å²) < 4.78 is 4.67. The van der Waals surface area contributed by atoms with E-state index in [4.69, 9.17) is 5.11 Å². The first-order valence-corrected chi connectivity index (χ1v) is 8.00. The van der Waals surface area contributed by atoms with Crippen molar-refractivity contribution in [2.24, 2.45) is 0 Å². The largest absolute Gasteiger partial charge is 0.468 e. The molecule has 0 aliphatic rings. The summed E-state index contributed by atoms with van der Waals surface area (Å²) in [5.41, 5.74) is 0.762. The Bertz CT molecular complexity index is 811. The van der Waals surface area contributed by atoms with E-state index in [0.29, 0.717) is 30.5 Å². The number of aliphatic hydroxyl groups excluding tert-OH is 1. The Hall–Kier alpha value is -2.91. The predicted molar refractivity (Wildman–Crippen MR) is 92.9 cm³/mol. The second-order valence-corrected chi connectivity index (χ2v) is 5.59. The molecular formula is C19H20N2O4. The number of fused-ring (bicyclic) bond motifs is 1. The molecule has 2 aromatic rings. The van der Waals surface area contributed by atoms with Gasteiger partial charge in [-0.3, -0.25) is 9.59 Å². The van der Waals surface area contributed by atoms with Crippen LogP contribution in [0.4, 0.5) is 0 Å². The zero-order chi connectivity index (χ0) is 18.2. The number of unbranched alkanes of at least 4 members (excludes halogenated alkanes) is 1. The number of benzene rings is 2. The van der Waals surface area contributed by atoms with Gasteiger partial charge < -0.3 is 14.7 Å². The van der Waals surface area contributed by atoms with Crippen molar-refractivity contribution in [3.63, 3.8) is 0 Å². The second-order valence-electron chi connectivity index (χ2n) is 5.59. The Morgan fingerprint density at radius 3 is 2.68 bits per heavy atom. The van der Waals surface area contributed by atoms with Crippen LogP contribution in [0.15, 0.2) is 36.4 Å². The molecule has 0 spiro atoms. The monoisotopic (exact) mass is 340 g/mol. The summed E-state index contributed by atoms with van der Waals surface area (Å²) in [5.74, 6) is -0.852. The Morgan fingerprint density at radius 1 is 1.24 bits per heavy atom. The van der Waals surface area contributed by atoms with Gasteiger partial charge in [0.15, 0.2) is 0 Å². The molecule has 1 amide bonds. The number of rotatable bonds is 7. The van der Waals surface area contributed by atoms with Gasteiger partial charge in [-0.15, -0.1) is 0 Å². The van der Waals surface area contributed by atoms with Crippen molar-refractivity contribution in [1.82, 2.24) is 4.90 Å². The van der Waals surface area contributed by atoms with Gasteiger partial charge in [-0.05, 0) is 35.7 Å². The van der Waals surface area contributed by atoms with Crippen molar-refractivity contribution < 1.29 is 19.4 Å². The summed E-state index contributed by atoms with van der Waals surface area (Å²) in [6.45, 7) is 0.165. The molecule has 25 heavy (non-hydrogen) atoms. The van der Waals surface area contributed by atoms with E-state index in [1.54, 1.807) is 12.1 Å². The fourth-order valence-corrected chi connectivity index (χ4v) is 2.61. The molecule has 0 unspecified atom stereocenters. The van der Waals surface area contributed by atoms with Gasteiger partial charge in [0, 0.05) is 18.7 Å². The van der Waals surface area contributed by atoms with E-state index in [0.717, 1.165) is 10.8 Å². The lowest BCUT2D eigenvalue weighted by Gasteiger charge is -2.22. The van der Waals surface area contributed by atoms with Crippen LogP contribution in [-0.4, -0.2) is 48.7 Å². The molecule has 0 saturated carbocycles. The molecule has 130 valence electrons. The van der Waals surface area contributed by atoms with Crippen LogP contribution in [0.5, 0.6) is 0 Å². The molecule has 6 nitrogen and oxygen atoms in total. The number of hydrogen-bond acceptors (Lipinski definition) is 5. The highest BCUT2D eigenvalue weighted by atomic mass is 16.5. The number of nitriles is 1. The molecule has 0 saturated heterocycles. The van der Waals surface area contributed by atoms with E-state index in [2.05, 4.69) is 10.8 Å². The van der Waals surface area contributed by atoms with Gasteiger partial charge in [0.2, 0.25) is 0 Å². The number of esters is 1. The van der Waals surface area contributed by atoms with Gasteiger partial charge in [0.25, 0.3) is 5.91 Å². The number of amides is 1. The van der Waals surface area contributed by atoms with Crippen LogP contribution in [-0.2, 0) is 9.53 Å². The number of nitrogens with zero attached hydrogens (tertiary/aromatic N) is 2. The number of hydrogen-bond donors (Lipinski definition) is 1. The normalized spacial score (nSPS) is 10.3. The average Bonchev–Trinajstić information content (AvgIpc) is 2.65. The minimum absolute atomic E-state index is 0.0209. The molecule has 0 aliphatic carbocycles. The number of aliphatic hydroxyl groups is 1. The molecule has 0 atom stereocenters. The highest BCUT2D eigenvalue weighted by Gasteiger charge is 2.21. The van der Waals surface area contributed by atoms with Crippen molar-refractivity contribution >= 4 is 22.6 Å². The summed E-state index contributed by atoms with van der Waals surface area (Å²) in [6, 6.07) is 12.6. The first kappa shape index (κ1) is 18.4. The molecule has 0 aliphatic heterocycles. The molecule has 0 bridgehead atoms. The van der Waals surface area contributed by atoms with Gasteiger partial charge in [0.1, 0.15) is 6.54 Å². The fourth-order valence-electron chi connectivity index (χ4n) is 2.61. The maximum absolute atomic E-state index is 13.0. The van der Waals surface area contributed by atoms with Crippen LogP contribution in [0, 0.1) is 11.3 Å². The van der Waals surface area contributed by atoms with Gasteiger partial charge >= 0.3 is 5.97 Å². The summed E-state index contributed by atoms with van der Waals surface area (Å²) >= 11 is 0. The van der Waals surface area contributed by atoms with Crippen molar-refractivity contribution in [1.29, 1.82) is 5.26 Å². The minimum atomic E-state index is -0.516. The molecule has 2 rings (SSSR count). The van der Waals surface area contributed by atoms with Gasteiger partial charge in [-0.25, -0.2) is 0 Å². The van der Waals surface area contributed by atoms with Gasteiger partial charge in [-0.2, -0.15) is 5.26 Å². The highest BCUT2D eigenvalue weighted by molar-refractivity contribution is 6.08. The molecule has 1 N–H and O–H groups in total. The summed E-state index contributed by atoms with van der Waals surface area (Å²) in [5, 5.41) is 19.7. The standard InChI is InChI=1S/C19H20N2O4/c1-25-18(23)13-21(8-4-5-9-22)19(24)17-11-14(12-20)10-15-6-2-3-7-16(15)17/h2-3,6-7,10-11,22H,4-5,8-9,13H2,1H3. The van der Waals surface area contributed by atoms with Crippen LogP contribution < -0.4 is 0 Å². The smallest absolute Gasteiger partial charge is 0.325 e. The van der Waals surface area contributed by atoms with E-state index >= 15 is 0 Å². The van der Waals surface area contributed by atoms with E-state index in [-0.39, 0.29) is 19.1 Å². The van der Waals surface area contributed by atoms with Crippen LogP contribution in [0.2, 0.25) is 0 Å². The molecular weight excluding hydrogens is 320 g/mol. The van der Waals surface area contributed by atoms with E-state index in [9.17, 15) is 14.9 Å². The third kappa shape index (κ3) is 4.55. The molecule has 0 radical (unpaired) electrons. The Kier molecular flexibility index (Phi) is 6.49. The minimum Gasteiger partial charge on any atom is -0.468 e. The third-order valence-corrected chi connectivity index (χ3v) is 3.89. The van der Waals surface area contributed by atoms with E-state index < -0.39 is 5.97 Å². The molecule has 6 heteroatoms. The highest BCUT2D eigenvalue weighted by Crippen LogP contribution is 2.22. The van der Waals surface area contributed by atoms with Crippen LogP contribution in [0.1, 0.15) is 28.8 Å². The molecule has 0 aromatic heterocycles. The van der Waals surface area contributed by atoms with Gasteiger partial charge in [0.05, 0.1) is 18.7 Å². The number of ether oxygens (including phenoxy) is 1. The summed E-state index contributed by atoms with van der Waals surface area (Å²) in [7, 11) is 1.27. The van der Waals surface area contributed by atoms with Crippen molar-refractivity contribution in [3.05, 3.63) is 47.5 Å². The van der Waals surface area contributed by atoms with Crippen molar-refractivity contribution in [2.75, 3.05) is 26.8 Å². The lowest BCUT2D eigenvalue weighted by molar-refractivity contribution is -0.141. The van der Waals surface area contributed by atoms with Crippen molar-refractivity contribution in [2.45, 2.75) is 12.8 Å². The zero-order valence-electron chi connectivity index (χ0n) is 14.1. The predicted octanol–water partition coefficient (Wildman–Crippen LogP) is 2.10. The fraction of sp³-hybridized carbons (Fsp3) is 0.316. The van der Waals surface area contributed by atoms with E-state index in [1.807, 2.05) is 24.3 Å². The molecule has 2 aromatic carbocycles. The average molecular weight is 340 g/mol. The summed E-state index contributed by atoms with van der Waals surface area (Å²) in [6.07, 6.45) is 1.10. The summed E-state index contributed by atoms with van der Waals surface area (Å²) in [4.78, 5) is 26.1. The zero-order valence-corrected chi connectivity index (χ0v) is 14.1. The third-order valence-electron chi connectivity index (χ3n) is 3.89. The quantitative estimate of drug-likeness (QED) is 0.616. The Labute approximate surface area is 146 Å². The lowest BCUT2D eigenvalue weighted by Crippen LogP contribution is -2.37. The number of carbonyl (C=O) groups is 2. The topological polar surface area (TPSA) is 90.6 Å². The first-order valence-electron chi connectivity index (χ1n) is 8.00. The first-order chi connectivity index (χ1) is 12.1. The Morgan fingerprint density at radius 2 is 2.00 bits per heavy atom. The number of carbonyl (C=O) groups excluding carboxylic acids is 2. The Balaban J connectivity index is 2.41. The second kappa shape index (κ2) is 8.81. The molecule has 0 heterocycles. The van der Waals surface area contributed by atoms with Crippen LogP contribution in [0.25, 0.3) is 10.8 Å². The maximum Gasteiger partial charge on any atom is 0.325 e. The van der Waals surface area contributed by atoms with Crippen molar-refractivity contribution in [3.8, 4) is 6.07 Å². The van der Waals surface area contributed by atoms with Gasteiger partial charge in [-0.1, -0.05) is 24.3 Å². The molecule has 0 fully saturated rings. The van der Waals surface area contributed by atoms with Crippen LogP contribution >= 0.6 is 0 Å². The van der Waals surface area contributed by atoms with Crippen LogP contribution in [0.3, 0.4) is 0 Å². The van der Waals surface area contributed by atoms with E-state index in [1.165, 1.54) is 12.0 Å². The maximum atomic E-state index is 13.0. The number of methoxy groups -OCH3 is 1. The lowest BCUT2D eigenvalue weighted by atomic mass is 10.00. The SMILES string of the molecule is COC(=O)CN(CCCCO)C(=O)c1cc(C#N)cc2ccccc12.